The molecule has 0 aliphatic heterocycles. The van der Waals surface area contributed by atoms with E-state index >= 15 is 0 Å². The van der Waals surface area contributed by atoms with Crippen LogP contribution in [-0.2, 0) is 6.42 Å². The highest BCUT2D eigenvalue weighted by atomic mass is 19.3. The van der Waals surface area contributed by atoms with Gasteiger partial charge in [-0.25, -0.2) is 0 Å². The summed E-state index contributed by atoms with van der Waals surface area (Å²) in [5.74, 6) is 0.414. The van der Waals surface area contributed by atoms with Crippen molar-refractivity contribution < 1.29 is 18.3 Å². The van der Waals surface area contributed by atoms with Crippen LogP contribution in [0.15, 0.2) is 54.6 Å². The molecule has 0 bridgehead atoms. The summed E-state index contributed by atoms with van der Waals surface area (Å²) >= 11 is 0. The number of fused-ring (bicyclic) bond motifs is 1. The fraction of sp³-hybridized carbons (Fsp3) is 0.238. The number of rotatable bonds is 6. The Kier molecular flexibility index (Phi) is 5.17. The van der Waals surface area contributed by atoms with Crippen LogP contribution in [-0.4, -0.2) is 13.2 Å². The van der Waals surface area contributed by atoms with E-state index < -0.39 is 6.61 Å². The molecule has 0 saturated carbocycles. The zero-order chi connectivity index (χ0) is 17.8. The molecule has 130 valence electrons. The molecular weight excluding hydrogens is 322 g/mol. The topological polar surface area (TPSA) is 18.5 Å². The third-order valence-electron chi connectivity index (χ3n) is 4.14. The minimum absolute atomic E-state index is 0.0854. The number of hydrogen-bond donors (Lipinski definition) is 0. The van der Waals surface area contributed by atoms with Crippen LogP contribution in [0.25, 0.3) is 21.9 Å². The second-order valence-electron chi connectivity index (χ2n) is 5.69. The fourth-order valence-corrected chi connectivity index (χ4v) is 2.87. The van der Waals surface area contributed by atoms with Crippen LogP contribution in [0.1, 0.15) is 19.4 Å². The first-order chi connectivity index (χ1) is 12.1. The Morgan fingerprint density at radius 2 is 1.60 bits per heavy atom. The summed E-state index contributed by atoms with van der Waals surface area (Å²) in [6.45, 7) is 1.41. The summed E-state index contributed by atoms with van der Waals surface area (Å²) in [6, 6.07) is 17.6. The van der Waals surface area contributed by atoms with Crippen molar-refractivity contribution in [2.24, 2.45) is 0 Å². The van der Waals surface area contributed by atoms with Gasteiger partial charge < -0.3 is 9.47 Å². The molecular formula is C21H20F2O2. The molecule has 0 saturated heterocycles. The van der Waals surface area contributed by atoms with Crippen LogP contribution < -0.4 is 9.47 Å². The van der Waals surface area contributed by atoms with Gasteiger partial charge in [-0.05, 0) is 53.6 Å². The van der Waals surface area contributed by atoms with Crippen LogP contribution in [0.2, 0.25) is 0 Å². The van der Waals surface area contributed by atoms with Gasteiger partial charge in [0.25, 0.3) is 0 Å². The number of aryl methyl sites for hydroxylation is 1. The fourth-order valence-electron chi connectivity index (χ4n) is 2.87. The molecule has 0 aromatic heterocycles. The highest BCUT2D eigenvalue weighted by Crippen LogP contribution is 2.38. The van der Waals surface area contributed by atoms with Gasteiger partial charge in [-0.3, -0.25) is 0 Å². The molecule has 4 heteroatoms. The molecule has 2 nitrogen and oxygen atoms in total. The van der Waals surface area contributed by atoms with Crippen molar-refractivity contribution in [3.63, 3.8) is 0 Å². The molecule has 25 heavy (non-hydrogen) atoms. The number of hydrogen-bond acceptors (Lipinski definition) is 2. The lowest BCUT2D eigenvalue weighted by molar-refractivity contribution is -0.0503. The van der Waals surface area contributed by atoms with Gasteiger partial charge in [0.15, 0.2) is 11.5 Å². The standard InChI is InChI=1S/C21H20F2O2/c1-3-14-5-7-15(8-6-14)16-9-11-18-17(13-16)10-12-19(24-4-2)20(18)25-21(22)23/h5-13,21H,3-4H2,1-2H3. The lowest BCUT2D eigenvalue weighted by Crippen LogP contribution is -2.05. The van der Waals surface area contributed by atoms with Crippen LogP contribution in [0.5, 0.6) is 11.5 Å². The number of alkyl halides is 2. The molecule has 0 heterocycles. The first kappa shape index (κ1) is 17.2. The maximum Gasteiger partial charge on any atom is 0.387 e. The molecule has 3 rings (SSSR count). The maximum absolute atomic E-state index is 12.8. The van der Waals surface area contributed by atoms with E-state index in [1.54, 1.807) is 19.1 Å². The second kappa shape index (κ2) is 7.51. The molecule has 3 aromatic carbocycles. The van der Waals surface area contributed by atoms with Gasteiger partial charge in [0.05, 0.1) is 6.61 Å². The Morgan fingerprint density at radius 3 is 2.24 bits per heavy atom. The van der Waals surface area contributed by atoms with Gasteiger partial charge in [-0.2, -0.15) is 8.78 Å². The number of benzene rings is 3. The molecule has 0 spiro atoms. The van der Waals surface area contributed by atoms with Crippen molar-refractivity contribution in [1.29, 1.82) is 0 Å². The van der Waals surface area contributed by atoms with Crippen molar-refractivity contribution in [3.05, 3.63) is 60.2 Å². The SMILES string of the molecule is CCOc1ccc2cc(-c3ccc(CC)cc3)ccc2c1OC(F)F. The monoisotopic (exact) mass is 342 g/mol. The van der Waals surface area contributed by atoms with Crippen LogP contribution in [0.4, 0.5) is 8.78 Å². The predicted molar refractivity (Wildman–Crippen MR) is 96.6 cm³/mol. The normalized spacial score (nSPS) is 11.1. The first-order valence-electron chi connectivity index (χ1n) is 8.36. The van der Waals surface area contributed by atoms with Crippen LogP contribution >= 0.6 is 0 Å². The molecule has 0 N–H and O–H groups in total. The molecule has 0 unspecified atom stereocenters. The smallest absolute Gasteiger partial charge is 0.387 e. The lowest BCUT2D eigenvalue weighted by atomic mass is 9.99. The van der Waals surface area contributed by atoms with E-state index in [9.17, 15) is 8.78 Å². The number of halogens is 2. The van der Waals surface area contributed by atoms with E-state index in [2.05, 4.69) is 31.2 Å². The molecule has 0 radical (unpaired) electrons. The van der Waals surface area contributed by atoms with Crippen molar-refractivity contribution >= 4 is 10.8 Å². The minimum Gasteiger partial charge on any atom is -0.490 e. The lowest BCUT2D eigenvalue weighted by Gasteiger charge is -2.14. The van der Waals surface area contributed by atoms with Gasteiger partial charge in [-0.1, -0.05) is 43.3 Å². The van der Waals surface area contributed by atoms with Crippen molar-refractivity contribution in [3.8, 4) is 22.6 Å². The highest BCUT2D eigenvalue weighted by Gasteiger charge is 2.15. The molecule has 0 atom stereocenters. The molecule has 0 aliphatic rings. The molecule has 3 aromatic rings. The van der Waals surface area contributed by atoms with Crippen molar-refractivity contribution in [1.82, 2.24) is 0 Å². The summed E-state index contributed by atoms with van der Waals surface area (Å²) in [4.78, 5) is 0. The third kappa shape index (κ3) is 3.73. The zero-order valence-electron chi connectivity index (χ0n) is 14.3. The Labute approximate surface area is 146 Å². The average Bonchev–Trinajstić information content (AvgIpc) is 2.63. The number of ether oxygens (including phenoxy) is 2. The minimum atomic E-state index is -2.90. The van der Waals surface area contributed by atoms with Crippen LogP contribution in [0.3, 0.4) is 0 Å². The van der Waals surface area contributed by atoms with E-state index in [0.29, 0.717) is 17.7 Å². The first-order valence-corrected chi connectivity index (χ1v) is 8.36. The zero-order valence-corrected chi connectivity index (χ0v) is 14.3. The van der Waals surface area contributed by atoms with E-state index in [-0.39, 0.29) is 5.75 Å². The van der Waals surface area contributed by atoms with E-state index in [4.69, 9.17) is 9.47 Å². The largest absolute Gasteiger partial charge is 0.490 e. The highest BCUT2D eigenvalue weighted by molar-refractivity contribution is 5.93. The van der Waals surface area contributed by atoms with E-state index in [1.807, 2.05) is 18.2 Å². The van der Waals surface area contributed by atoms with Crippen molar-refractivity contribution in [2.75, 3.05) is 6.61 Å². The summed E-state index contributed by atoms with van der Waals surface area (Å²) in [5, 5.41) is 1.44. The molecule has 0 aliphatic carbocycles. The van der Waals surface area contributed by atoms with Gasteiger partial charge >= 0.3 is 6.61 Å². The Morgan fingerprint density at radius 1 is 0.880 bits per heavy atom. The van der Waals surface area contributed by atoms with Gasteiger partial charge in [-0.15, -0.1) is 0 Å². The Hall–Kier alpha value is -2.62. The molecule has 0 fully saturated rings. The third-order valence-corrected chi connectivity index (χ3v) is 4.14. The predicted octanol–water partition coefficient (Wildman–Crippen LogP) is 6.07. The van der Waals surface area contributed by atoms with Gasteiger partial charge in [0.2, 0.25) is 0 Å². The average molecular weight is 342 g/mol. The summed E-state index contributed by atoms with van der Waals surface area (Å²) < 4.78 is 35.8. The second-order valence-corrected chi connectivity index (χ2v) is 5.69. The quantitative estimate of drug-likeness (QED) is 0.541. The van der Waals surface area contributed by atoms with Crippen molar-refractivity contribution in [2.45, 2.75) is 26.9 Å². The Balaban J connectivity index is 2.06. The van der Waals surface area contributed by atoms with Crippen LogP contribution in [0, 0.1) is 0 Å². The Bertz CT molecular complexity index is 858. The summed E-state index contributed by atoms with van der Waals surface area (Å²) in [6.07, 6.45) is 0.993. The van der Waals surface area contributed by atoms with E-state index in [0.717, 1.165) is 22.9 Å². The maximum atomic E-state index is 12.8. The van der Waals surface area contributed by atoms with E-state index in [1.165, 1.54) is 5.56 Å². The van der Waals surface area contributed by atoms with Gasteiger partial charge in [0, 0.05) is 5.39 Å². The molecule has 0 amide bonds. The summed E-state index contributed by atoms with van der Waals surface area (Å²) in [5.41, 5.74) is 3.39. The van der Waals surface area contributed by atoms with Gasteiger partial charge in [0.1, 0.15) is 0 Å². The summed E-state index contributed by atoms with van der Waals surface area (Å²) in [7, 11) is 0.